The molecule has 0 unspecified atom stereocenters. The number of benzene rings is 1. The van der Waals surface area contributed by atoms with Crippen LogP contribution in [0.3, 0.4) is 0 Å². The van der Waals surface area contributed by atoms with Crippen LogP contribution in [0.1, 0.15) is 33.0 Å². The van der Waals surface area contributed by atoms with E-state index >= 15 is 0 Å². The van der Waals surface area contributed by atoms with Gasteiger partial charge >= 0.3 is 0 Å². The number of nitrogens with zero attached hydrogens (tertiary/aromatic N) is 1. The third-order valence-corrected chi connectivity index (χ3v) is 3.88. The Morgan fingerprint density at radius 1 is 1.28 bits per heavy atom. The van der Waals surface area contributed by atoms with Crippen molar-refractivity contribution in [3.63, 3.8) is 0 Å². The number of anilines is 1. The van der Waals surface area contributed by atoms with Gasteiger partial charge in [0.15, 0.2) is 11.6 Å². The first-order chi connectivity index (χ1) is 8.45. The van der Waals surface area contributed by atoms with Gasteiger partial charge in [0.2, 0.25) is 0 Å². The second-order valence-corrected chi connectivity index (χ2v) is 5.93. The van der Waals surface area contributed by atoms with Crippen LogP contribution in [0, 0.1) is 0 Å². The molecule has 0 atom stereocenters. The Kier molecular flexibility index (Phi) is 3.48. The Labute approximate surface area is 115 Å². The smallest absolute Gasteiger partial charge is 0.175 e. The lowest BCUT2D eigenvalue weighted by molar-refractivity contribution is 0.313. The zero-order valence-corrected chi connectivity index (χ0v) is 12.4. The van der Waals surface area contributed by atoms with Gasteiger partial charge in [0.25, 0.3) is 0 Å². The molecule has 2 rings (SSSR count). The maximum absolute atomic E-state index is 5.95. The van der Waals surface area contributed by atoms with Crippen molar-refractivity contribution in [1.29, 1.82) is 0 Å². The van der Waals surface area contributed by atoms with Crippen molar-refractivity contribution in [2.24, 2.45) is 0 Å². The lowest BCUT2D eigenvalue weighted by Crippen LogP contribution is -2.15. The molecule has 0 saturated carbocycles. The number of hydrogen-bond acceptors (Lipinski definition) is 3. The summed E-state index contributed by atoms with van der Waals surface area (Å²) in [5.41, 5.74) is 7.82. The van der Waals surface area contributed by atoms with Crippen molar-refractivity contribution in [1.82, 2.24) is 5.16 Å². The summed E-state index contributed by atoms with van der Waals surface area (Å²) in [7, 11) is 0. The van der Waals surface area contributed by atoms with Crippen LogP contribution < -0.4 is 5.73 Å². The van der Waals surface area contributed by atoms with Crippen molar-refractivity contribution in [2.45, 2.75) is 32.6 Å². The van der Waals surface area contributed by atoms with Crippen LogP contribution in [-0.2, 0) is 5.41 Å². The largest absolute Gasteiger partial charge is 0.380 e. The quantitative estimate of drug-likeness (QED) is 0.915. The standard InChI is InChI=1S/C14H17BrN2O/c1-4-14(2,3)12-11(13(16)17-18-12)9-5-7-10(15)8-6-9/h5-8H,4H2,1-3H3,(H2,16,17). The Hall–Kier alpha value is -1.29. The molecule has 2 aromatic rings. The van der Waals surface area contributed by atoms with Crippen molar-refractivity contribution in [2.75, 3.05) is 5.73 Å². The second kappa shape index (κ2) is 4.76. The molecule has 1 aromatic carbocycles. The Balaban J connectivity index is 2.57. The van der Waals surface area contributed by atoms with Crippen molar-refractivity contribution in [3.05, 3.63) is 34.5 Å². The highest BCUT2D eigenvalue weighted by Crippen LogP contribution is 2.38. The molecule has 18 heavy (non-hydrogen) atoms. The van der Waals surface area contributed by atoms with Crippen LogP contribution in [0.5, 0.6) is 0 Å². The van der Waals surface area contributed by atoms with Gasteiger partial charge in [-0.3, -0.25) is 0 Å². The van der Waals surface area contributed by atoms with E-state index in [2.05, 4.69) is 41.9 Å². The summed E-state index contributed by atoms with van der Waals surface area (Å²) in [6, 6.07) is 8.01. The van der Waals surface area contributed by atoms with Crippen molar-refractivity contribution < 1.29 is 4.52 Å². The van der Waals surface area contributed by atoms with E-state index in [1.165, 1.54) is 0 Å². The van der Waals surface area contributed by atoms with E-state index in [0.29, 0.717) is 5.82 Å². The van der Waals surface area contributed by atoms with E-state index < -0.39 is 0 Å². The average molecular weight is 309 g/mol. The summed E-state index contributed by atoms with van der Waals surface area (Å²) in [6.45, 7) is 6.40. The molecule has 0 spiro atoms. The average Bonchev–Trinajstić information content (AvgIpc) is 2.73. The molecule has 0 radical (unpaired) electrons. The maximum atomic E-state index is 5.95. The molecule has 0 amide bonds. The summed E-state index contributed by atoms with van der Waals surface area (Å²) in [5.74, 6) is 1.30. The number of halogens is 1. The molecule has 0 fully saturated rings. The van der Waals surface area contributed by atoms with Crippen LogP contribution in [0.4, 0.5) is 5.82 Å². The number of hydrogen-bond donors (Lipinski definition) is 1. The normalized spacial score (nSPS) is 11.8. The summed E-state index contributed by atoms with van der Waals surface area (Å²) < 4.78 is 6.49. The van der Waals surface area contributed by atoms with E-state index in [-0.39, 0.29) is 5.41 Å². The van der Waals surface area contributed by atoms with Gasteiger partial charge in [-0.25, -0.2) is 0 Å². The SMILES string of the molecule is CCC(C)(C)c1onc(N)c1-c1ccc(Br)cc1. The molecule has 4 heteroatoms. The molecule has 3 nitrogen and oxygen atoms in total. The lowest BCUT2D eigenvalue weighted by Gasteiger charge is -2.20. The minimum Gasteiger partial charge on any atom is -0.380 e. The summed E-state index contributed by atoms with van der Waals surface area (Å²) in [4.78, 5) is 0. The first kappa shape index (κ1) is 13.1. The summed E-state index contributed by atoms with van der Waals surface area (Å²) >= 11 is 3.43. The van der Waals surface area contributed by atoms with Gasteiger partial charge in [-0.05, 0) is 24.1 Å². The third kappa shape index (κ3) is 2.29. The first-order valence-electron chi connectivity index (χ1n) is 5.97. The zero-order chi connectivity index (χ0) is 13.3. The van der Waals surface area contributed by atoms with Gasteiger partial charge in [-0.1, -0.05) is 54.0 Å². The zero-order valence-electron chi connectivity index (χ0n) is 10.8. The fourth-order valence-electron chi connectivity index (χ4n) is 1.82. The Morgan fingerprint density at radius 3 is 2.44 bits per heavy atom. The van der Waals surface area contributed by atoms with Gasteiger partial charge in [-0.15, -0.1) is 0 Å². The second-order valence-electron chi connectivity index (χ2n) is 5.02. The maximum Gasteiger partial charge on any atom is 0.175 e. The van der Waals surface area contributed by atoms with E-state index in [9.17, 15) is 0 Å². The van der Waals surface area contributed by atoms with E-state index in [4.69, 9.17) is 10.3 Å². The molecule has 96 valence electrons. The third-order valence-electron chi connectivity index (χ3n) is 3.35. The highest BCUT2D eigenvalue weighted by molar-refractivity contribution is 9.10. The molecule has 1 aromatic heterocycles. The van der Waals surface area contributed by atoms with Crippen molar-refractivity contribution in [3.8, 4) is 11.1 Å². The fraction of sp³-hybridized carbons (Fsp3) is 0.357. The molecular formula is C14H17BrN2O. The Bertz CT molecular complexity index is 543. The molecule has 2 N–H and O–H groups in total. The summed E-state index contributed by atoms with van der Waals surface area (Å²) in [6.07, 6.45) is 0.963. The highest BCUT2D eigenvalue weighted by atomic mass is 79.9. The topological polar surface area (TPSA) is 52.0 Å². The van der Waals surface area contributed by atoms with Crippen LogP contribution in [-0.4, -0.2) is 5.16 Å². The highest BCUT2D eigenvalue weighted by Gasteiger charge is 2.29. The number of nitrogen functional groups attached to an aromatic ring is 1. The van der Waals surface area contributed by atoms with Gasteiger partial charge in [0.1, 0.15) is 0 Å². The minimum atomic E-state index is -0.0764. The summed E-state index contributed by atoms with van der Waals surface area (Å²) in [5, 5.41) is 3.92. The molecule has 0 bridgehead atoms. The number of rotatable bonds is 3. The predicted octanol–water partition coefficient (Wildman–Crippen LogP) is 4.37. The van der Waals surface area contributed by atoms with E-state index in [1.807, 2.05) is 24.3 Å². The minimum absolute atomic E-state index is 0.0764. The van der Waals surface area contributed by atoms with Crippen LogP contribution >= 0.6 is 15.9 Å². The van der Waals surface area contributed by atoms with E-state index in [1.54, 1.807) is 0 Å². The van der Waals surface area contributed by atoms with Crippen LogP contribution in [0.2, 0.25) is 0 Å². The molecule has 0 aliphatic carbocycles. The molecule has 0 saturated heterocycles. The van der Waals surface area contributed by atoms with Gasteiger partial charge < -0.3 is 10.3 Å². The van der Waals surface area contributed by atoms with Crippen molar-refractivity contribution >= 4 is 21.7 Å². The molecule has 0 aliphatic rings. The van der Waals surface area contributed by atoms with E-state index in [0.717, 1.165) is 27.8 Å². The van der Waals surface area contributed by atoms with Crippen LogP contribution in [0.25, 0.3) is 11.1 Å². The molecular weight excluding hydrogens is 292 g/mol. The lowest BCUT2D eigenvalue weighted by atomic mass is 9.83. The number of aromatic nitrogens is 1. The Morgan fingerprint density at radius 2 is 1.89 bits per heavy atom. The van der Waals surface area contributed by atoms with Gasteiger partial charge in [0.05, 0.1) is 5.56 Å². The first-order valence-corrected chi connectivity index (χ1v) is 6.76. The van der Waals surface area contributed by atoms with Gasteiger partial charge in [0, 0.05) is 9.89 Å². The monoisotopic (exact) mass is 308 g/mol. The molecule has 1 heterocycles. The predicted molar refractivity (Wildman–Crippen MR) is 77.4 cm³/mol. The fourth-order valence-corrected chi connectivity index (χ4v) is 2.08. The molecule has 0 aliphatic heterocycles. The number of nitrogens with two attached hydrogens (primary N) is 1. The van der Waals surface area contributed by atoms with Crippen LogP contribution in [0.15, 0.2) is 33.3 Å². The van der Waals surface area contributed by atoms with Gasteiger partial charge in [-0.2, -0.15) is 0 Å².